The molecule has 0 aliphatic carbocycles. The Labute approximate surface area is 172 Å². The minimum Gasteiger partial charge on any atom is -0.489 e. The van der Waals surface area contributed by atoms with Crippen molar-refractivity contribution in [2.75, 3.05) is 18.9 Å². The third kappa shape index (κ3) is 3.95. The number of hydrogen-bond acceptors (Lipinski definition) is 5. The van der Waals surface area contributed by atoms with Gasteiger partial charge in [-0.05, 0) is 24.3 Å². The van der Waals surface area contributed by atoms with E-state index in [9.17, 15) is 0 Å². The van der Waals surface area contributed by atoms with Crippen molar-refractivity contribution in [3.8, 4) is 5.75 Å². The zero-order valence-corrected chi connectivity index (χ0v) is 16.4. The SMILES string of the molecule is Nc1ccccc1OCC1COC(Cn2ccnc2)(c2ccc(Cl)cc2Cl)O1. The third-order valence-electron chi connectivity index (χ3n) is 4.49. The number of anilines is 1. The zero-order chi connectivity index (χ0) is 19.6. The molecular weight excluding hydrogens is 401 g/mol. The first kappa shape index (κ1) is 19.1. The van der Waals surface area contributed by atoms with E-state index in [1.54, 1.807) is 30.7 Å². The van der Waals surface area contributed by atoms with Gasteiger partial charge in [-0.3, -0.25) is 0 Å². The molecule has 2 N–H and O–H groups in total. The molecule has 2 atom stereocenters. The van der Waals surface area contributed by atoms with Gasteiger partial charge in [-0.15, -0.1) is 0 Å². The Balaban J connectivity index is 1.56. The minimum atomic E-state index is -1.07. The van der Waals surface area contributed by atoms with Crippen LogP contribution < -0.4 is 10.5 Å². The molecule has 1 fully saturated rings. The highest BCUT2D eigenvalue weighted by molar-refractivity contribution is 6.35. The van der Waals surface area contributed by atoms with E-state index in [0.717, 1.165) is 0 Å². The van der Waals surface area contributed by atoms with Gasteiger partial charge in [-0.2, -0.15) is 0 Å². The Morgan fingerprint density at radius 2 is 2.11 bits per heavy atom. The van der Waals surface area contributed by atoms with Crippen LogP contribution in [0.2, 0.25) is 10.0 Å². The molecule has 0 amide bonds. The summed E-state index contributed by atoms with van der Waals surface area (Å²) in [4.78, 5) is 4.09. The number of nitrogens with two attached hydrogens (primary N) is 1. The fourth-order valence-electron chi connectivity index (χ4n) is 3.17. The molecular formula is C20H19Cl2N3O3. The van der Waals surface area contributed by atoms with Crippen molar-refractivity contribution < 1.29 is 14.2 Å². The normalized spacial score (nSPS) is 21.7. The van der Waals surface area contributed by atoms with E-state index in [4.69, 9.17) is 43.1 Å². The first-order valence-corrected chi connectivity index (χ1v) is 9.52. The quantitative estimate of drug-likeness (QED) is 0.608. The van der Waals surface area contributed by atoms with Crippen molar-refractivity contribution in [2.24, 2.45) is 0 Å². The van der Waals surface area contributed by atoms with Gasteiger partial charge in [0.2, 0.25) is 5.79 Å². The van der Waals surface area contributed by atoms with Gasteiger partial charge in [-0.1, -0.05) is 41.4 Å². The van der Waals surface area contributed by atoms with Crippen molar-refractivity contribution >= 4 is 28.9 Å². The zero-order valence-electron chi connectivity index (χ0n) is 14.9. The number of imidazole rings is 1. The molecule has 1 saturated heterocycles. The van der Waals surface area contributed by atoms with Gasteiger partial charge in [0.1, 0.15) is 18.5 Å². The Morgan fingerprint density at radius 3 is 2.86 bits per heavy atom. The summed E-state index contributed by atoms with van der Waals surface area (Å²) < 4.78 is 20.2. The van der Waals surface area contributed by atoms with Crippen LogP contribution in [0.4, 0.5) is 5.69 Å². The first-order valence-electron chi connectivity index (χ1n) is 8.76. The van der Waals surface area contributed by atoms with Gasteiger partial charge in [0.05, 0.1) is 30.2 Å². The van der Waals surface area contributed by atoms with E-state index >= 15 is 0 Å². The lowest BCUT2D eigenvalue weighted by atomic mass is 10.1. The van der Waals surface area contributed by atoms with Crippen LogP contribution in [0.5, 0.6) is 5.75 Å². The predicted octanol–water partition coefficient (Wildman–Crippen LogP) is 4.12. The summed E-state index contributed by atoms with van der Waals surface area (Å²) in [6.07, 6.45) is 4.94. The molecule has 1 aromatic heterocycles. The Kier molecular flexibility index (Phi) is 5.46. The number of aromatic nitrogens is 2. The van der Waals surface area contributed by atoms with Crippen LogP contribution in [0.15, 0.2) is 61.2 Å². The summed E-state index contributed by atoms with van der Waals surface area (Å²) in [5.41, 5.74) is 7.22. The Bertz CT molecular complexity index is 952. The average Bonchev–Trinajstić information content (AvgIpc) is 3.32. The smallest absolute Gasteiger partial charge is 0.215 e. The van der Waals surface area contributed by atoms with Crippen LogP contribution in [0.25, 0.3) is 0 Å². The van der Waals surface area contributed by atoms with Crippen LogP contribution >= 0.6 is 23.2 Å². The molecule has 1 aliphatic heterocycles. The lowest BCUT2D eigenvalue weighted by molar-refractivity contribution is -0.189. The molecule has 8 heteroatoms. The van der Waals surface area contributed by atoms with Crippen molar-refractivity contribution in [1.82, 2.24) is 9.55 Å². The maximum absolute atomic E-state index is 6.46. The number of hydrogen-bond donors (Lipinski definition) is 1. The van der Waals surface area contributed by atoms with Gasteiger partial charge >= 0.3 is 0 Å². The molecule has 2 aromatic carbocycles. The fourth-order valence-corrected chi connectivity index (χ4v) is 3.72. The largest absolute Gasteiger partial charge is 0.489 e. The van der Waals surface area contributed by atoms with Crippen LogP contribution in [-0.4, -0.2) is 28.9 Å². The molecule has 4 rings (SSSR count). The van der Waals surface area contributed by atoms with E-state index < -0.39 is 5.79 Å². The molecule has 0 radical (unpaired) electrons. The van der Waals surface area contributed by atoms with Gasteiger partial charge in [-0.25, -0.2) is 4.98 Å². The molecule has 1 aliphatic rings. The number of para-hydroxylation sites is 2. The van der Waals surface area contributed by atoms with Crippen LogP contribution in [-0.2, 0) is 21.8 Å². The van der Waals surface area contributed by atoms with Crippen molar-refractivity contribution in [2.45, 2.75) is 18.4 Å². The van der Waals surface area contributed by atoms with Crippen molar-refractivity contribution in [1.29, 1.82) is 0 Å². The monoisotopic (exact) mass is 419 g/mol. The minimum absolute atomic E-state index is 0.296. The third-order valence-corrected chi connectivity index (χ3v) is 5.04. The second-order valence-corrected chi connectivity index (χ2v) is 7.36. The molecule has 146 valence electrons. The Hall–Kier alpha value is -2.25. The molecule has 2 unspecified atom stereocenters. The van der Waals surface area contributed by atoms with Gasteiger partial charge in [0, 0.05) is 23.0 Å². The number of benzene rings is 2. The van der Waals surface area contributed by atoms with Crippen molar-refractivity contribution in [3.05, 3.63) is 76.8 Å². The predicted molar refractivity (Wildman–Crippen MR) is 108 cm³/mol. The highest BCUT2D eigenvalue weighted by Gasteiger charge is 2.45. The summed E-state index contributed by atoms with van der Waals surface area (Å²) in [7, 11) is 0. The van der Waals surface area contributed by atoms with E-state index in [1.165, 1.54) is 0 Å². The topological polar surface area (TPSA) is 71.5 Å². The summed E-state index contributed by atoms with van der Waals surface area (Å²) in [5, 5.41) is 1.02. The molecule has 6 nitrogen and oxygen atoms in total. The first-order chi connectivity index (χ1) is 13.6. The van der Waals surface area contributed by atoms with E-state index in [2.05, 4.69) is 4.98 Å². The molecule has 2 heterocycles. The molecule has 0 saturated carbocycles. The van der Waals surface area contributed by atoms with Crippen molar-refractivity contribution in [3.63, 3.8) is 0 Å². The van der Waals surface area contributed by atoms with E-state index in [-0.39, 0.29) is 6.10 Å². The van der Waals surface area contributed by atoms with Crippen LogP contribution in [0.1, 0.15) is 5.56 Å². The standard InChI is InChI=1S/C20H19Cl2N3O3/c21-14-5-6-16(17(22)9-14)20(12-25-8-7-24-13-25)27-11-15(28-20)10-26-19-4-2-1-3-18(19)23/h1-9,13,15H,10-12,23H2. The number of nitrogen functional groups attached to an aromatic ring is 1. The summed E-state index contributed by atoms with van der Waals surface area (Å²) in [6, 6.07) is 12.6. The van der Waals surface area contributed by atoms with Crippen LogP contribution in [0, 0.1) is 0 Å². The molecule has 0 bridgehead atoms. The lowest BCUT2D eigenvalue weighted by Gasteiger charge is -2.30. The van der Waals surface area contributed by atoms with Gasteiger partial charge in [0.25, 0.3) is 0 Å². The average molecular weight is 420 g/mol. The van der Waals surface area contributed by atoms with Crippen LogP contribution in [0.3, 0.4) is 0 Å². The second-order valence-electron chi connectivity index (χ2n) is 6.51. The number of ether oxygens (including phenoxy) is 3. The Morgan fingerprint density at radius 1 is 1.25 bits per heavy atom. The summed E-state index contributed by atoms with van der Waals surface area (Å²) in [6.45, 7) is 1.03. The van der Waals surface area contributed by atoms with E-state index in [1.807, 2.05) is 35.0 Å². The maximum Gasteiger partial charge on any atom is 0.215 e. The second kappa shape index (κ2) is 8.01. The molecule has 3 aromatic rings. The number of nitrogens with zero attached hydrogens (tertiary/aromatic N) is 2. The lowest BCUT2D eigenvalue weighted by Crippen LogP contribution is -2.34. The highest BCUT2D eigenvalue weighted by Crippen LogP contribution is 2.40. The highest BCUT2D eigenvalue weighted by atomic mass is 35.5. The number of rotatable bonds is 6. The molecule has 0 spiro atoms. The van der Waals surface area contributed by atoms with Gasteiger partial charge < -0.3 is 24.5 Å². The number of halogens is 2. The maximum atomic E-state index is 6.46. The van der Waals surface area contributed by atoms with Gasteiger partial charge in [0.15, 0.2) is 0 Å². The fraction of sp³-hybridized carbons (Fsp3) is 0.250. The van der Waals surface area contributed by atoms with E-state index in [0.29, 0.717) is 46.8 Å². The summed E-state index contributed by atoms with van der Waals surface area (Å²) in [5.74, 6) is -0.457. The molecule has 28 heavy (non-hydrogen) atoms. The summed E-state index contributed by atoms with van der Waals surface area (Å²) >= 11 is 12.5.